The predicted octanol–water partition coefficient (Wildman–Crippen LogP) is 2.52. The zero-order valence-electron chi connectivity index (χ0n) is 12.8. The van der Waals surface area contributed by atoms with Crippen molar-refractivity contribution in [2.24, 2.45) is 0 Å². The Morgan fingerprint density at radius 3 is 2.14 bits per heavy atom. The quantitative estimate of drug-likeness (QED) is 0.881. The molecule has 4 nitrogen and oxygen atoms in total. The SMILES string of the molecule is C[C@@H](NC(=O)C(=O)N(C)Cc1ccccc1)c1ccccc1. The number of amides is 2. The lowest BCUT2D eigenvalue weighted by molar-refractivity contribution is -0.145. The standard InChI is InChI=1S/C18H20N2O2/c1-14(16-11-7-4-8-12-16)19-17(21)18(22)20(2)13-15-9-5-3-6-10-15/h3-12,14H,13H2,1-2H3,(H,19,21)/t14-/m1/s1. The second kappa shape index (κ2) is 7.41. The molecule has 0 aromatic heterocycles. The molecule has 0 bridgehead atoms. The molecule has 2 aromatic rings. The number of carbonyl (C=O) groups is 2. The molecule has 0 heterocycles. The third-order valence-corrected chi connectivity index (χ3v) is 3.45. The molecule has 0 spiro atoms. The van der Waals surface area contributed by atoms with Crippen LogP contribution in [0, 0.1) is 0 Å². The smallest absolute Gasteiger partial charge is 0.311 e. The fourth-order valence-corrected chi connectivity index (χ4v) is 2.19. The van der Waals surface area contributed by atoms with Crippen LogP contribution in [0.25, 0.3) is 0 Å². The van der Waals surface area contributed by atoms with Gasteiger partial charge in [-0.05, 0) is 18.1 Å². The van der Waals surface area contributed by atoms with Crippen molar-refractivity contribution in [2.45, 2.75) is 19.5 Å². The zero-order chi connectivity index (χ0) is 15.9. The first kappa shape index (κ1) is 15.8. The van der Waals surface area contributed by atoms with Crippen molar-refractivity contribution in [3.05, 3.63) is 71.8 Å². The van der Waals surface area contributed by atoms with Gasteiger partial charge in [-0.2, -0.15) is 0 Å². The van der Waals surface area contributed by atoms with Gasteiger partial charge < -0.3 is 10.2 Å². The third kappa shape index (κ3) is 4.19. The summed E-state index contributed by atoms with van der Waals surface area (Å²) in [5.41, 5.74) is 1.96. The highest BCUT2D eigenvalue weighted by atomic mass is 16.2. The van der Waals surface area contributed by atoms with E-state index in [0.717, 1.165) is 11.1 Å². The number of benzene rings is 2. The average Bonchev–Trinajstić information content (AvgIpc) is 2.55. The van der Waals surface area contributed by atoms with Crippen molar-refractivity contribution in [2.75, 3.05) is 7.05 Å². The van der Waals surface area contributed by atoms with Gasteiger partial charge in [0, 0.05) is 13.6 Å². The van der Waals surface area contributed by atoms with Crippen molar-refractivity contribution in [3.8, 4) is 0 Å². The van der Waals surface area contributed by atoms with Crippen LogP contribution in [0.15, 0.2) is 60.7 Å². The van der Waals surface area contributed by atoms with Crippen molar-refractivity contribution < 1.29 is 9.59 Å². The highest BCUT2D eigenvalue weighted by Crippen LogP contribution is 2.11. The van der Waals surface area contributed by atoms with E-state index in [9.17, 15) is 9.59 Å². The summed E-state index contributed by atoms with van der Waals surface area (Å²) in [7, 11) is 1.63. The minimum absolute atomic E-state index is 0.206. The second-order valence-corrected chi connectivity index (χ2v) is 5.25. The topological polar surface area (TPSA) is 49.4 Å². The van der Waals surface area contributed by atoms with E-state index >= 15 is 0 Å². The van der Waals surface area contributed by atoms with Gasteiger partial charge >= 0.3 is 11.8 Å². The molecule has 114 valence electrons. The van der Waals surface area contributed by atoms with Gasteiger partial charge in [-0.1, -0.05) is 60.7 Å². The molecule has 0 saturated carbocycles. The maximum absolute atomic E-state index is 12.1. The third-order valence-electron chi connectivity index (χ3n) is 3.45. The molecule has 0 unspecified atom stereocenters. The Bertz CT molecular complexity index is 626. The average molecular weight is 296 g/mol. The van der Waals surface area contributed by atoms with E-state index in [1.165, 1.54) is 4.90 Å². The van der Waals surface area contributed by atoms with E-state index in [1.54, 1.807) is 7.05 Å². The largest absolute Gasteiger partial charge is 0.341 e. The Morgan fingerprint density at radius 1 is 1.00 bits per heavy atom. The van der Waals surface area contributed by atoms with Gasteiger partial charge in [-0.25, -0.2) is 0 Å². The van der Waals surface area contributed by atoms with Crippen LogP contribution in [0.2, 0.25) is 0 Å². The normalized spacial score (nSPS) is 11.5. The summed E-state index contributed by atoms with van der Waals surface area (Å²) in [6.45, 7) is 2.27. The molecule has 1 atom stereocenters. The number of hydrogen-bond donors (Lipinski definition) is 1. The van der Waals surface area contributed by atoms with Gasteiger partial charge in [0.05, 0.1) is 6.04 Å². The van der Waals surface area contributed by atoms with Gasteiger partial charge in [0.1, 0.15) is 0 Å². The van der Waals surface area contributed by atoms with Gasteiger partial charge in [-0.15, -0.1) is 0 Å². The van der Waals surface area contributed by atoms with Gasteiger partial charge in [0.15, 0.2) is 0 Å². The minimum Gasteiger partial charge on any atom is -0.341 e. The summed E-state index contributed by atoms with van der Waals surface area (Å²) < 4.78 is 0. The van der Waals surface area contributed by atoms with E-state index in [-0.39, 0.29) is 6.04 Å². The fraction of sp³-hybridized carbons (Fsp3) is 0.222. The van der Waals surface area contributed by atoms with Crippen LogP contribution in [0.4, 0.5) is 0 Å². The van der Waals surface area contributed by atoms with Crippen molar-refractivity contribution in [1.82, 2.24) is 10.2 Å². The van der Waals surface area contributed by atoms with E-state index in [4.69, 9.17) is 0 Å². The van der Waals surface area contributed by atoms with E-state index in [1.807, 2.05) is 67.6 Å². The van der Waals surface area contributed by atoms with Crippen molar-refractivity contribution >= 4 is 11.8 Å². The summed E-state index contributed by atoms with van der Waals surface area (Å²) in [4.78, 5) is 25.6. The lowest BCUT2D eigenvalue weighted by Crippen LogP contribution is -2.41. The Hall–Kier alpha value is -2.62. The molecular formula is C18H20N2O2. The predicted molar refractivity (Wildman–Crippen MR) is 85.9 cm³/mol. The van der Waals surface area contributed by atoms with E-state index in [2.05, 4.69) is 5.32 Å². The molecule has 22 heavy (non-hydrogen) atoms. The molecule has 0 saturated heterocycles. The minimum atomic E-state index is -0.588. The molecule has 0 fully saturated rings. The number of rotatable bonds is 4. The Labute approximate surface area is 130 Å². The molecule has 0 aliphatic carbocycles. The van der Waals surface area contributed by atoms with Gasteiger partial charge in [-0.3, -0.25) is 9.59 Å². The molecular weight excluding hydrogens is 276 g/mol. The molecule has 2 rings (SSSR count). The summed E-state index contributed by atoms with van der Waals surface area (Å²) in [5, 5.41) is 2.73. The summed E-state index contributed by atoms with van der Waals surface area (Å²) in [5.74, 6) is -1.12. The number of likely N-dealkylation sites (N-methyl/N-ethyl adjacent to an activating group) is 1. The number of hydrogen-bond acceptors (Lipinski definition) is 2. The molecule has 1 N–H and O–H groups in total. The van der Waals surface area contributed by atoms with Crippen LogP contribution in [-0.4, -0.2) is 23.8 Å². The van der Waals surface area contributed by atoms with Crippen LogP contribution < -0.4 is 5.32 Å². The fourth-order valence-electron chi connectivity index (χ4n) is 2.19. The van der Waals surface area contributed by atoms with Crippen LogP contribution in [0.3, 0.4) is 0 Å². The van der Waals surface area contributed by atoms with Crippen LogP contribution in [0.5, 0.6) is 0 Å². The molecule has 2 amide bonds. The summed E-state index contributed by atoms with van der Waals surface area (Å²) in [6, 6.07) is 18.9. The van der Waals surface area contributed by atoms with Gasteiger partial charge in [0.2, 0.25) is 0 Å². The number of nitrogens with one attached hydrogen (secondary N) is 1. The lowest BCUT2D eigenvalue weighted by atomic mass is 10.1. The first-order valence-corrected chi connectivity index (χ1v) is 7.22. The Balaban J connectivity index is 1.93. The molecule has 2 aromatic carbocycles. The monoisotopic (exact) mass is 296 g/mol. The zero-order valence-corrected chi connectivity index (χ0v) is 12.8. The maximum Gasteiger partial charge on any atom is 0.311 e. The van der Waals surface area contributed by atoms with Crippen LogP contribution >= 0.6 is 0 Å². The first-order chi connectivity index (χ1) is 10.6. The highest BCUT2D eigenvalue weighted by molar-refractivity contribution is 6.34. The molecule has 0 aliphatic rings. The second-order valence-electron chi connectivity index (χ2n) is 5.25. The Morgan fingerprint density at radius 2 is 1.55 bits per heavy atom. The molecule has 0 radical (unpaired) electrons. The maximum atomic E-state index is 12.1. The summed E-state index contributed by atoms with van der Waals surface area (Å²) >= 11 is 0. The van der Waals surface area contributed by atoms with E-state index < -0.39 is 11.8 Å². The number of nitrogens with zero attached hydrogens (tertiary/aromatic N) is 1. The summed E-state index contributed by atoms with van der Waals surface area (Å²) in [6.07, 6.45) is 0. The van der Waals surface area contributed by atoms with E-state index in [0.29, 0.717) is 6.54 Å². The van der Waals surface area contributed by atoms with Crippen LogP contribution in [-0.2, 0) is 16.1 Å². The highest BCUT2D eigenvalue weighted by Gasteiger charge is 2.20. The molecule has 0 aliphatic heterocycles. The number of carbonyl (C=O) groups excluding carboxylic acids is 2. The van der Waals surface area contributed by atoms with Crippen LogP contribution in [0.1, 0.15) is 24.1 Å². The lowest BCUT2D eigenvalue weighted by Gasteiger charge is -2.19. The molecule has 4 heteroatoms. The Kier molecular flexibility index (Phi) is 5.31. The van der Waals surface area contributed by atoms with Gasteiger partial charge in [0.25, 0.3) is 0 Å². The van der Waals surface area contributed by atoms with Crippen molar-refractivity contribution in [3.63, 3.8) is 0 Å². The van der Waals surface area contributed by atoms with Crippen molar-refractivity contribution in [1.29, 1.82) is 0 Å². The first-order valence-electron chi connectivity index (χ1n) is 7.22.